The minimum Gasteiger partial charge on any atom is -0.363 e. The molecule has 3 aromatic rings. The number of hydrogen-bond donors (Lipinski definition) is 2. The van der Waals surface area contributed by atoms with Gasteiger partial charge in [-0.2, -0.15) is 4.98 Å². The van der Waals surface area contributed by atoms with Crippen LogP contribution in [0.15, 0.2) is 34.9 Å². The fraction of sp³-hybridized carbons (Fsp3) is 0.333. The molecule has 0 saturated heterocycles. The second-order valence-corrected chi connectivity index (χ2v) is 7.14. The maximum atomic E-state index is 12.2. The number of aryl methyl sites for hydroxylation is 3. The zero-order chi connectivity index (χ0) is 21.0. The molecule has 0 fully saturated rings. The lowest BCUT2D eigenvalue weighted by Gasteiger charge is -2.14. The highest BCUT2D eigenvalue weighted by molar-refractivity contribution is 5.91. The number of carbonyl (C=O) groups is 1. The van der Waals surface area contributed by atoms with Crippen LogP contribution in [0.3, 0.4) is 0 Å². The first kappa shape index (κ1) is 20.3. The summed E-state index contributed by atoms with van der Waals surface area (Å²) in [4.78, 5) is 23.1. The van der Waals surface area contributed by atoms with E-state index >= 15 is 0 Å². The Balaban J connectivity index is 1.58. The van der Waals surface area contributed by atoms with Crippen LogP contribution in [0.5, 0.6) is 0 Å². The van der Waals surface area contributed by atoms with Crippen LogP contribution in [0.1, 0.15) is 29.1 Å². The van der Waals surface area contributed by atoms with Crippen molar-refractivity contribution in [1.29, 1.82) is 0 Å². The van der Waals surface area contributed by atoms with Crippen LogP contribution in [0.4, 0.5) is 23.1 Å². The van der Waals surface area contributed by atoms with E-state index in [4.69, 9.17) is 4.52 Å². The van der Waals surface area contributed by atoms with Gasteiger partial charge >= 0.3 is 0 Å². The number of hydrogen-bond acceptors (Lipinski definition) is 7. The fourth-order valence-electron chi connectivity index (χ4n) is 2.92. The van der Waals surface area contributed by atoms with E-state index in [0.717, 1.165) is 39.9 Å². The summed E-state index contributed by atoms with van der Waals surface area (Å²) in [6.07, 6.45) is 0.971. The van der Waals surface area contributed by atoms with E-state index in [1.54, 1.807) is 0 Å². The van der Waals surface area contributed by atoms with Gasteiger partial charge in [0.15, 0.2) is 0 Å². The Morgan fingerprint density at radius 1 is 1.07 bits per heavy atom. The molecule has 0 spiro atoms. The summed E-state index contributed by atoms with van der Waals surface area (Å²) < 4.78 is 5.13. The number of nitrogens with zero attached hydrogens (tertiary/aromatic N) is 4. The number of benzene rings is 1. The van der Waals surface area contributed by atoms with Crippen molar-refractivity contribution < 1.29 is 9.32 Å². The smallest absolute Gasteiger partial charge is 0.229 e. The summed E-state index contributed by atoms with van der Waals surface area (Å²) in [5.74, 6) is 2.08. The topological polar surface area (TPSA) is 96.2 Å². The quantitative estimate of drug-likeness (QED) is 0.630. The van der Waals surface area contributed by atoms with E-state index in [0.29, 0.717) is 18.8 Å². The van der Waals surface area contributed by atoms with Crippen molar-refractivity contribution in [1.82, 2.24) is 15.1 Å². The Bertz CT molecular complexity index is 975. The molecule has 3 rings (SSSR count). The van der Waals surface area contributed by atoms with Gasteiger partial charge in [0.25, 0.3) is 0 Å². The first-order valence-corrected chi connectivity index (χ1v) is 9.43. The highest BCUT2D eigenvalue weighted by Gasteiger charge is 2.11. The highest BCUT2D eigenvalue weighted by Crippen LogP contribution is 2.20. The molecule has 1 aromatic carbocycles. The molecule has 0 atom stereocenters. The van der Waals surface area contributed by atoms with Crippen LogP contribution in [0, 0.1) is 20.8 Å². The first-order valence-electron chi connectivity index (χ1n) is 9.43. The monoisotopic (exact) mass is 394 g/mol. The van der Waals surface area contributed by atoms with Gasteiger partial charge in [-0.1, -0.05) is 5.16 Å². The first-order chi connectivity index (χ1) is 13.8. The Morgan fingerprint density at radius 3 is 2.38 bits per heavy atom. The molecule has 0 aliphatic heterocycles. The van der Waals surface area contributed by atoms with Gasteiger partial charge in [0.05, 0.1) is 5.69 Å². The van der Waals surface area contributed by atoms with E-state index in [1.165, 1.54) is 0 Å². The Morgan fingerprint density at radius 2 is 1.76 bits per heavy atom. The van der Waals surface area contributed by atoms with Crippen LogP contribution < -0.4 is 15.5 Å². The van der Waals surface area contributed by atoms with Crippen LogP contribution in [-0.2, 0) is 11.2 Å². The molecule has 8 nitrogen and oxygen atoms in total. The number of aromatic nitrogens is 3. The van der Waals surface area contributed by atoms with E-state index in [-0.39, 0.29) is 5.91 Å². The highest BCUT2D eigenvalue weighted by atomic mass is 16.5. The lowest BCUT2D eigenvalue weighted by atomic mass is 10.1. The normalized spacial score (nSPS) is 10.7. The number of carbonyl (C=O) groups excluding carboxylic acids is 1. The van der Waals surface area contributed by atoms with Gasteiger partial charge in [0.2, 0.25) is 11.9 Å². The summed E-state index contributed by atoms with van der Waals surface area (Å²) >= 11 is 0. The molecule has 0 bridgehead atoms. The Kier molecular flexibility index (Phi) is 6.11. The second-order valence-electron chi connectivity index (χ2n) is 7.14. The SMILES string of the molecule is Cc1cc(N(C)C)nc(Nc2ccc(NC(=O)CCc3c(C)noc3C)cc2)n1. The summed E-state index contributed by atoms with van der Waals surface area (Å²) in [5, 5.41) is 10.0. The molecule has 0 saturated carbocycles. The molecule has 29 heavy (non-hydrogen) atoms. The van der Waals surface area contributed by atoms with Crippen molar-refractivity contribution in [3.05, 3.63) is 53.0 Å². The third-order valence-electron chi connectivity index (χ3n) is 4.51. The second kappa shape index (κ2) is 8.72. The molecular formula is C21H26N6O2. The maximum Gasteiger partial charge on any atom is 0.229 e. The zero-order valence-corrected chi connectivity index (χ0v) is 17.4. The minimum atomic E-state index is -0.0525. The molecule has 1 amide bonds. The molecule has 2 aromatic heterocycles. The average molecular weight is 394 g/mol. The van der Waals surface area contributed by atoms with Gasteiger partial charge in [0, 0.05) is 49.2 Å². The van der Waals surface area contributed by atoms with Crippen molar-refractivity contribution in [2.45, 2.75) is 33.6 Å². The number of nitrogens with one attached hydrogen (secondary N) is 2. The lowest BCUT2D eigenvalue weighted by Crippen LogP contribution is -2.13. The molecule has 2 heterocycles. The third kappa shape index (κ3) is 5.31. The zero-order valence-electron chi connectivity index (χ0n) is 17.4. The summed E-state index contributed by atoms with van der Waals surface area (Å²) in [5.41, 5.74) is 4.29. The van der Waals surface area contributed by atoms with Crippen LogP contribution in [0.2, 0.25) is 0 Å². The lowest BCUT2D eigenvalue weighted by molar-refractivity contribution is -0.116. The standard InChI is InChI=1S/C21H26N6O2/c1-13-12-19(27(4)5)25-21(22-13)24-17-8-6-16(7-9-17)23-20(28)11-10-18-14(2)26-29-15(18)3/h6-9,12H,10-11H2,1-5H3,(H,23,28)(H,22,24,25). The van der Waals surface area contributed by atoms with Crippen molar-refractivity contribution in [3.63, 3.8) is 0 Å². The van der Waals surface area contributed by atoms with Gasteiger partial charge in [-0.3, -0.25) is 4.79 Å². The van der Waals surface area contributed by atoms with Gasteiger partial charge in [-0.25, -0.2) is 4.98 Å². The van der Waals surface area contributed by atoms with Crippen molar-refractivity contribution >= 4 is 29.0 Å². The average Bonchev–Trinajstić information content (AvgIpc) is 2.99. The third-order valence-corrected chi connectivity index (χ3v) is 4.51. The predicted octanol–water partition coefficient (Wildman–Crippen LogP) is 3.77. The maximum absolute atomic E-state index is 12.2. The molecule has 152 valence electrons. The molecule has 2 N–H and O–H groups in total. The predicted molar refractivity (Wildman–Crippen MR) is 114 cm³/mol. The molecule has 0 aliphatic carbocycles. The van der Waals surface area contributed by atoms with Crippen LogP contribution >= 0.6 is 0 Å². The van der Waals surface area contributed by atoms with Crippen LogP contribution in [-0.4, -0.2) is 35.1 Å². The largest absolute Gasteiger partial charge is 0.363 e. The Labute approximate surface area is 170 Å². The molecule has 0 radical (unpaired) electrons. The fourth-order valence-corrected chi connectivity index (χ4v) is 2.92. The van der Waals surface area contributed by atoms with Crippen molar-refractivity contribution in [2.24, 2.45) is 0 Å². The van der Waals surface area contributed by atoms with Crippen molar-refractivity contribution in [2.75, 3.05) is 29.6 Å². The molecule has 0 unspecified atom stereocenters. The van der Waals surface area contributed by atoms with E-state index < -0.39 is 0 Å². The van der Waals surface area contributed by atoms with E-state index in [9.17, 15) is 4.79 Å². The molecule has 8 heteroatoms. The van der Waals surface area contributed by atoms with E-state index in [2.05, 4.69) is 25.8 Å². The number of rotatable bonds is 7. The van der Waals surface area contributed by atoms with Gasteiger partial charge in [0.1, 0.15) is 11.6 Å². The number of amides is 1. The Hall–Kier alpha value is -3.42. The van der Waals surface area contributed by atoms with Gasteiger partial charge in [-0.05, 0) is 51.5 Å². The summed E-state index contributed by atoms with van der Waals surface area (Å²) in [7, 11) is 3.88. The summed E-state index contributed by atoms with van der Waals surface area (Å²) in [6.45, 7) is 5.67. The molecular weight excluding hydrogens is 368 g/mol. The van der Waals surface area contributed by atoms with Crippen molar-refractivity contribution in [3.8, 4) is 0 Å². The molecule has 0 aliphatic rings. The number of anilines is 4. The summed E-state index contributed by atoms with van der Waals surface area (Å²) in [6, 6.07) is 9.37. The van der Waals surface area contributed by atoms with Gasteiger partial charge < -0.3 is 20.1 Å². The minimum absolute atomic E-state index is 0.0525. The van der Waals surface area contributed by atoms with E-state index in [1.807, 2.05) is 70.1 Å². The van der Waals surface area contributed by atoms with Gasteiger partial charge in [-0.15, -0.1) is 0 Å². The van der Waals surface area contributed by atoms with Crippen LogP contribution in [0.25, 0.3) is 0 Å².